The van der Waals surface area contributed by atoms with Crippen molar-refractivity contribution < 1.29 is 9.84 Å². The predicted octanol–water partition coefficient (Wildman–Crippen LogP) is 1.55. The Morgan fingerprint density at radius 1 is 1.29 bits per heavy atom. The van der Waals surface area contributed by atoms with Gasteiger partial charge < -0.3 is 15.2 Å². The van der Waals surface area contributed by atoms with Gasteiger partial charge in [-0.3, -0.25) is 0 Å². The highest BCUT2D eigenvalue weighted by Crippen LogP contribution is 2.13. The SMILES string of the molecule is CCC(COC)NCC(O)(CC)CC. The maximum Gasteiger partial charge on any atom is 0.0766 e. The molecule has 1 atom stereocenters. The Labute approximate surface area is 87.8 Å². The molecule has 0 aromatic heterocycles. The average Bonchev–Trinajstić information content (AvgIpc) is 2.23. The summed E-state index contributed by atoms with van der Waals surface area (Å²) < 4.78 is 5.08. The van der Waals surface area contributed by atoms with Crippen LogP contribution in [-0.4, -0.2) is 37.0 Å². The van der Waals surface area contributed by atoms with Gasteiger partial charge in [0.2, 0.25) is 0 Å². The van der Waals surface area contributed by atoms with Gasteiger partial charge in [-0.15, -0.1) is 0 Å². The molecule has 0 fully saturated rings. The van der Waals surface area contributed by atoms with Crippen LogP contribution in [0.2, 0.25) is 0 Å². The summed E-state index contributed by atoms with van der Waals surface area (Å²) in [7, 11) is 1.70. The Morgan fingerprint density at radius 2 is 1.86 bits per heavy atom. The number of hydrogen-bond acceptors (Lipinski definition) is 3. The van der Waals surface area contributed by atoms with Crippen LogP contribution in [0.5, 0.6) is 0 Å². The first-order valence-electron chi connectivity index (χ1n) is 5.56. The van der Waals surface area contributed by atoms with Gasteiger partial charge in [-0.2, -0.15) is 0 Å². The van der Waals surface area contributed by atoms with E-state index in [9.17, 15) is 5.11 Å². The van der Waals surface area contributed by atoms with E-state index in [0.717, 1.165) is 19.3 Å². The fourth-order valence-electron chi connectivity index (χ4n) is 1.36. The van der Waals surface area contributed by atoms with Crippen molar-refractivity contribution >= 4 is 0 Å². The van der Waals surface area contributed by atoms with Crippen LogP contribution >= 0.6 is 0 Å². The van der Waals surface area contributed by atoms with E-state index in [-0.39, 0.29) is 0 Å². The molecule has 0 radical (unpaired) electrons. The first-order chi connectivity index (χ1) is 6.61. The predicted molar refractivity (Wildman–Crippen MR) is 59.5 cm³/mol. The van der Waals surface area contributed by atoms with Crippen LogP contribution in [0.4, 0.5) is 0 Å². The molecular formula is C11H25NO2. The van der Waals surface area contributed by atoms with Crippen LogP contribution in [0.1, 0.15) is 40.0 Å². The Bertz CT molecular complexity index is 135. The highest BCUT2D eigenvalue weighted by Gasteiger charge is 2.22. The Balaban J connectivity index is 3.87. The van der Waals surface area contributed by atoms with E-state index >= 15 is 0 Å². The zero-order chi connectivity index (χ0) is 11.0. The van der Waals surface area contributed by atoms with Crippen molar-refractivity contribution in [3.05, 3.63) is 0 Å². The molecule has 0 aliphatic carbocycles. The molecule has 0 bridgehead atoms. The fraction of sp³-hybridized carbons (Fsp3) is 1.00. The number of nitrogens with one attached hydrogen (secondary N) is 1. The lowest BCUT2D eigenvalue weighted by Gasteiger charge is -2.28. The summed E-state index contributed by atoms with van der Waals surface area (Å²) in [5, 5.41) is 13.4. The van der Waals surface area contributed by atoms with Crippen LogP contribution in [-0.2, 0) is 4.74 Å². The molecule has 0 aromatic carbocycles. The fourth-order valence-corrected chi connectivity index (χ4v) is 1.36. The second kappa shape index (κ2) is 7.21. The first-order valence-corrected chi connectivity index (χ1v) is 5.56. The Hall–Kier alpha value is -0.120. The van der Waals surface area contributed by atoms with Crippen LogP contribution < -0.4 is 5.32 Å². The number of rotatable bonds is 8. The first kappa shape index (κ1) is 13.9. The number of methoxy groups -OCH3 is 1. The van der Waals surface area contributed by atoms with Crippen molar-refractivity contribution in [3.63, 3.8) is 0 Å². The van der Waals surface area contributed by atoms with Crippen LogP contribution in [0.25, 0.3) is 0 Å². The van der Waals surface area contributed by atoms with Crippen molar-refractivity contribution in [2.75, 3.05) is 20.3 Å². The molecule has 86 valence electrons. The third-order valence-electron chi connectivity index (χ3n) is 2.90. The second-order valence-electron chi connectivity index (χ2n) is 3.87. The maximum atomic E-state index is 10.0. The van der Waals surface area contributed by atoms with Gasteiger partial charge >= 0.3 is 0 Å². The van der Waals surface area contributed by atoms with E-state index in [1.54, 1.807) is 7.11 Å². The van der Waals surface area contributed by atoms with Gasteiger partial charge in [0.1, 0.15) is 0 Å². The summed E-state index contributed by atoms with van der Waals surface area (Å²) in [6, 6.07) is 0.352. The Kier molecular flexibility index (Phi) is 7.15. The summed E-state index contributed by atoms with van der Waals surface area (Å²) in [4.78, 5) is 0. The van der Waals surface area contributed by atoms with E-state index in [4.69, 9.17) is 4.74 Å². The molecule has 0 aliphatic heterocycles. The number of hydrogen-bond donors (Lipinski definition) is 2. The standard InChI is InChI=1S/C11H25NO2/c1-5-10(8-14-4)12-9-11(13,6-2)7-3/h10,12-13H,5-9H2,1-4H3. The summed E-state index contributed by atoms with van der Waals surface area (Å²) in [6.45, 7) is 7.51. The lowest BCUT2D eigenvalue weighted by atomic mass is 9.97. The topological polar surface area (TPSA) is 41.5 Å². The molecule has 0 spiro atoms. The largest absolute Gasteiger partial charge is 0.389 e. The van der Waals surface area contributed by atoms with Crippen LogP contribution in [0, 0.1) is 0 Å². The van der Waals surface area contributed by atoms with Gasteiger partial charge in [0, 0.05) is 19.7 Å². The van der Waals surface area contributed by atoms with E-state index in [2.05, 4.69) is 12.2 Å². The molecule has 2 N–H and O–H groups in total. The van der Waals surface area contributed by atoms with Crippen molar-refractivity contribution in [2.24, 2.45) is 0 Å². The van der Waals surface area contributed by atoms with E-state index in [1.807, 2.05) is 13.8 Å². The van der Waals surface area contributed by atoms with Crippen molar-refractivity contribution in [3.8, 4) is 0 Å². The lowest BCUT2D eigenvalue weighted by Crippen LogP contribution is -2.45. The molecule has 0 heterocycles. The van der Waals surface area contributed by atoms with E-state index in [1.165, 1.54) is 0 Å². The molecular weight excluding hydrogens is 178 g/mol. The van der Waals surface area contributed by atoms with Crippen molar-refractivity contribution in [1.82, 2.24) is 5.32 Å². The Morgan fingerprint density at radius 3 is 2.21 bits per heavy atom. The third-order valence-corrected chi connectivity index (χ3v) is 2.90. The molecule has 0 amide bonds. The quantitative estimate of drug-likeness (QED) is 0.629. The minimum Gasteiger partial charge on any atom is -0.389 e. The normalized spacial score (nSPS) is 14.4. The van der Waals surface area contributed by atoms with Gasteiger partial charge in [-0.25, -0.2) is 0 Å². The summed E-state index contributed by atoms with van der Waals surface area (Å²) in [5.41, 5.74) is -0.554. The van der Waals surface area contributed by atoms with Gasteiger partial charge in [-0.1, -0.05) is 20.8 Å². The van der Waals surface area contributed by atoms with Gasteiger partial charge in [0.25, 0.3) is 0 Å². The summed E-state index contributed by atoms with van der Waals surface area (Å²) >= 11 is 0. The molecule has 3 nitrogen and oxygen atoms in total. The zero-order valence-electron chi connectivity index (χ0n) is 9.97. The number of ether oxygens (including phenoxy) is 1. The van der Waals surface area contributed by atoms with Crippen molar-refractivity contribution in [2.45, 2.75) is 51.7 Å². The third kappa shape index (κ3) is 4.94. The van der Waals surface area contributed by atoms with E-state index < -0.39 is 5.60 Å². The van der Waals surface area contributed by atoms with Gasteiger partial charge in [0.05, 0.1) is 12.2 Å². The van der Waals surface area contributed by atoms with Crippen molar-refractivity contribution in [1.29, 1.82) is 0 Å². The maximum absolute atomic E-state index is 10.0. The average molecular weight is 203 g/mol. The van der Waals surface area contributed by atoms with Gasteiger partial charge in [-0.05, 0) is 19.3 Å². The monoisotopic (exact) mass is 203 g/mol. The molecule has 3 heteroatoms. The minimum atomic E-state index is -0.554. The molecule has 0 saturated heterocycles. The smallest absolute Gasteiger partial charge is 0.0766 e. The molecule has 0 rings (SSSR count). The zero-order valence-corrected chi connectivity index (χ0v) is 9.97. The minimum absolute atomic E-state index is 0.352. The molecule has 0 aromatic rings. The van der Waals surface area contributed by atoms with Crippen LogP contribution in [0.3, 0.4) is 0 Å². The molecule has 14 heavy (non-hydrogen) atoms. The summed E-state index contributed by atoms with van der Waals surface area (Å²) in [5.74, 6) is 0. The highest BCUT2D eigenvalue weighted by atomic mass is 16.5. The lowest BCUT2D eigenvalue weighted by molar-refractivity contribution is 0.0262. The second-order valence-corrected chi connectivity index (χ2v) is 3.87. The number of aliphatic hydroxyl groups is 1. The van der Waals surface area contributed by atoms with E-state index in [0.29, 0.717) is 19.2 Å². The van der Waals surface area contributed by atoms with Gasteiger partial charge in [0.15, 0.2) is 0 Å². The molecule has 0 saturated carbocycles. The highest BCUT2D eigenvalue weighted by molar-refractivity contribution is 4.79. The molecule has 1 unspecified atom stereocenters. The molecule has 0 aliphatic rings. The van der Waals surface area contributed by atoms with Crippen LogP contribution in [0.15, 0.2) is 0 Å². The summed E-state index contributed by atoms with van der Waals surface area (Å²) in [6.07, 6.45) is 2.61.